The molecule has 3 rings (SSSR count). The highest BCUT2D eigenvalue weighted by atomic mass is 32.1. The summed E-state index contributed by atoms with van der Waals surface area (Å²) in [6.07, 6.45) is 0. The van der Waals surface area contributed by atoms with Crippen LogP contribution in [0.4, 0.5) is 0 Å². The van der Waals surface area contributed by atoms with Crippen LogP contribution >= 0.6 is 23.6 Å². The average molecular weight is 219 g/mol. The van der Waals surface area contributed by atoms with E-state index in [4.69, 9.17) is 12.2 Å². The minimum Gasteiger partial charge on any atom is -0.320 e. The molecule has 0 saturated heterocycles. The molecule has 0 unspecified atom stereocenters. The second-order valence-corrected chi connectivity index (χ2v) is 4.55. The molecule has 0 atom stereocenters. The van der Waals surface area contributed by atoms with Crippen molar-refractivity contribution in [1.29, 1.82) is 0 Å². The summed E-state index contributed by atoms with van der Waals surface area (Å²) in [7, 11) is 0. The minimum atomic E-state index is 0.718. The van der Waals surface area contributed by atoms with E-state index in [1.807, 2.05) is 24.3 Å². The predicted octanol–water partition coefficient (Wildman–Crippen LogP) is 2.90. The van der Waals surface area contributed by atoms with Crippen LogP contribution in [0, 0.1) is 3.95 Å². The standard InChI is InChI=1S/C9H5N3S2/c13-9-12-7-8(14-9)11-6-4-2-1-3-5(6)10-7/h1-4H,(H,10,12,13). The quantitative estimate of drug-likeness (QED) is 0.591. The maximum atomic E-state index is 5.03. The van der Waals surface area contributed by atoms with Gasteiger partial charge in [-0.1, -0.05) is 23.5 Å². The van der Waals surface area contributed by atoms with Gasteiger partial charge in [0.15, 0.2) is 14.4 Å². The van der Waals surface area contributed by atoms with E-state index in [-0.39, 0.29) is 0 Å². The summed E-state index contributed by atoms with van der Waals surface area (Å²) >= 11 is 6.49. The summed E-state index contributed by atoms with van der Waals surface area (Å²) in [6.45, 7) is 0. The second kappa shape index (κ2) is 2.83. The molecule has 3 nitrogen and oxygen atoms in total. The molecule has 0 radical (unpaired) electrons. The van der Waals surface area contributed by atoms with E-state index in [1.165, 1.54) is 11.3 Å². The Labute approximate surface area is 88.5 Å². The Hall–Kier alpha value is -1.33. The molecule has 0 aliphatic carbocycles. The molecule has 0 amide bonds. The predicted molar refractivity (Wildman–Crippen MR) is 60.1 cm³/mol. The van der Waals surface area contributed by atoms with Crippen molar-refractivity contribution in [3.63, 3.8) is 0 Å². The first-order valence-electron chi connectivity index (χ1n) is 4.08. The Morgan fingerprint density at radius 3 is 2.64 bits per heavy atom. The number of hydrogen-bond donors (Lipinski definition) is 1. The molecule has 0 fully saturated rings. The molecule has 0 aliphatic heterocycles. The number of benzene rings is 1. The second-order valence-electron chi connectivity index (χ2n) is 2.88. The maximum absolute atomic E-state index is 5.03. The third kappa shape index (κ3) is 1.13. The highest BCUT2D eigenvalue weighted by molar-refractivity contribution is 7.73. The lowest BCUT2D eigenvalue weighted by Gasteiger charge is -1.94. The van der Waals surface area contributed by atoms with E-state index in [2.05, 4.69) is 15.0 Å². The molecule has 2 heterocycles. The number of hydrogen-bond acceptors (Lipinski definition) is 4. The van der Waals surface area contributed by atoms with Crippen LogP contribution in [0.3, 0.4) is 0 Å². The summed E-state index contributed by atoms with van der Waals surface area (Å²) in [4.78, 5) is 12.8. The van der Waals surface area contributed by atoms with Crippen LogP contribution in [0.5, 0.6) is 0 Å². The number of nitrogens with one attached hydrogen (secondary N) is 1. The molecule has 5 heteroatoms. The fourth-order valence-corrected chi connectivity index (χ4v) is 2.34. The van der Waals surface area contributed by atoms with Gasteiger partial charge in [0.25, 0.3) is 0 Å². The highest BCUT2D eigenvalue weighted by Crippen LogP contribution is 2.18. The fourth-order valence-electron chi connectivity index (χ4n) is 1.35. The van der Waals surface area contributed by atoms with Crippen molar-refractivity contribution in [3.8, 4) is 0 Å². The van der Waals surface area contributed by atoms with Gasteiger partial charge in [-0.15, -0.1) is 0 Å². The molecule has 0 saturated carbocycles. The molecular formula is C9H5N3S2. The van der Waals surface area contributed by atoms with E-state index in [1.54, 1.807) is 0 Å². The third-order valence-electron chi connectivity index (χ3n) is 1.95. The number of thiazole rings is 1. The fraction of sp³-hybridized carbons (Fsp3) is 0. The van der Waals surface area contributed by atoms with Crippen LogP contribution < -0.4 is 0 Å². The number of aromatic amines is 1. The summed E-state index contributed by atoms with van der Waals surface area (Å²) < 4.78 is 0.718. The summed E-state index contributed by atoms with van der Waals surface area (Å²) in [5, 5.41) is 0. The maximum Gasteiger partial charge on any atom is 0.168 e. The molecule has 3 aromatic rings. The molecule has 1 aromatic carbocycles. The number of nitrogens with zero attached hydrogens (tertiary/aromatic N) is 2. The van der Waals surface area contributed by atoms with E-state index in [9.17, 15) is 0 Å². The first-order chi connectivity index (χ1) is 6.83. The van der Waals surface area contributed by atoms with Gasteiger partial charge >= 0.3 is 0 Å². The zero-order valence-electron chi connectivity index (χ0n) is 7.02. The van der Waals surface area contributed by atoms with E-state index in [0.717, 1.165) is 25.5 Å². The van der Waals surface area contributed by atoms with Crippen LogP contribution in [0.25, 0.3) is 21.5 Å². The van der Waals surface area contributed by atoms with Gasteiger partial charge in [-0.2, -0.15) is 0 Å². The van der Waals surface area contributed by atoms with Crippen molar-refractivity contribution >= 4 is 45.1 Å². The molecule has 1 N–H and O–H groups in total. The number of para-hydroxylation sites is 2. The van der Waals surface area contributed by atoms with Crippen LogP contribution in [-0.2, 0) is 0 Å². The Balaban J connectivity index is 2.57. The Morgan fingerprint density at radius 1 is 1.14 bits per heavy atom. The lowest BCUT2D eigenvalue weighted by Crippen LogP contribution is -1.83. The summed E-state index contributed by atoms with van der Waals surface area (Å²) in [5.41, 5.74) is 2.58. The number of aromatic nitrogens is 3. The molecule has 14 heavy (non-hydrogen) atoms. The monoisotopic (exact) mass is 219 g/mol. The van der Waals surface area contributed by atoms with Crippen LogP contribution in [0.1, 0.15) is 0 Å². The smallest absolute Gasteiger partial charge is 0.168 e. The van der Waals surface area contributed by atoms with Crippen molar-refractivity contribution < 1.29 is 0 Å². The summed E-state index contributed by atoms with van der Waals surface area (Å²) in [5.74, 6) is 0. The van der Waals surface area contributed by atoms with Crippen LogP contribution in [-0.4, -0.2) is 15.0 Å². The van der Waals surface area contributed by atoms with Gasteiger partial charge in [-0.05, 0) is 24.4 Å². The van der Waals surface area contributed by atoms with E-state index in [0.29, 0.717) is 0 Å². The Bertz CT molecular complexity index is 613. The van der Waals surface area contributed by atoms with Gasteiger partial charge < -0.3 is 4.98 Å². The topological polar surface area (TPSA) is 41.6 Å². The van der Waals surface area contributed by atoms with E-state index < -0.39 is 0 Å². The number of H-pyrrole nitrogens is 1. The Kier molecular flexibility index (Phi) is 1.62. The molecule has 2 aromatic heterocycles. The average Bonchev–Trinajstić information content (AvgIpc) is 2.53. The molecule has 0 aliphatic rings. The highest BCUT2D eigenvalue weighted by Gasteiger charge is 2.02. The molecular weight excluding hydrogens is 214 g/mol. The first-order valence-corrected chi connectivity index (χ1v) is 5.31. The zero-order valence-corrected chi connectivity index (χ0v) is 8.65. The van der Waals surface area contributed by atoms with Gasteiger partial charge in [-0.25, -0.2) is 9.97 Å². The van der Waals surface area contributed by atoms with Gasteiger partial charge in [0, 0.05) is 0 Å². The van der Waals surface area contributed by atoms with Crippen molar-refractivity contribution in [2.45, 2.75) is 0 Å². The molecule has 0 bridgehead atoms. The van der Waals surface area contributed by atoms with Crippen molar-refractivity contribution in [2.24, 2.45) is 0 Å². The first kappa shape index (κ1) is 8.02. The lowest BCUT2D eigenvalue weighted by molar-refractivity contribution is 1.33. The van der Waals surface area contributed by atoms with Crippen molar-refractivity contribution in [1.82, 2.24) is 15.0 Å². The van der Waals surface area contributed by atoms with Gasteiger partial charge in [0.2, 0.25) is 0 Å². The van der Waals surface area contributed by atoms with Crippen LogP contribution in [0.2, 0.25) is 0 Å². The van der Waals surface area contributed by atoms with Gasteiger partial charge in [0.05, 0.1) is 11.0 Å². The molecule has 68 valence electrons. The lowest BCUT2D eigenvalue weighted by atomic mass is 10.3. The zero-order chi connectivity index (χ0) is 9.54. The molecule has 0 spiro atoms. The largest absolute Gasteiger partial charge is 0.320 e. The van der Waals surface area contributed by atoms with Crippen molar-refractivity contribution in [3.05, 3.63) is 28.2 Å². The number of fused-ring (bicyclic) bond motifs is 2. The third-order valence-corrected chi connectivity index (χ3v) is 3.07. The Morgan fingerprint density at radius 2 is 1.86 bits per heavy atom. The van der Waals surface area contributed by atoms with Gasteiger partial charge in [-0.3, -0.25) is 0 Å². The normalized spacial score (nSPS) is 11.1. The summed E-state index contributed by atoms with van der Waals surface area (Å²) in [6, 6.07) is 7.79. The van der Waals surface area contributed by atoms with Gasteiger partial charge in [0.1, 0.15) is 0 Å². The van der Waals surface area contributed by atoms with E-state index >= 15 is 0 Å². The minimum absolute atomic E-state index is 0.718. The van der Waals surface area contributed by atoms with Crippen LogP contribution in [0.15, 0.2) is 24.3 Å². The SMILES string of the molecule is S=c1[nH]c2nc3ccccc3nc2s1. The number of rotatable bonds is 0. The van der Waals surface area contributed by atoms with Crippen molar-refractivity contribution in [2.75, 3.05) is 0 Å².